The lowest BCUT2D eigenvalue weighted by Gasteiger charge is -2.34. The van der Waals surface area contributed by atoms with Crippen molar-refractivity contribution in [2.75, 3.05) is 0 Å². The largest absolute Gasteiger partial charge is 0.387 e. The van der Waals surface area contributed by atoms with Crippen LogP contribution in [0.3, 0.4) is 0 Å². The topological polar surface area (TPSA) is 32.3 Å². The molecule has 0 amide bonds. The van der Waals surface area contributed by atoms with Crippen molar-refractivity contribution in [3.8, 4) is 0 Å². The van der Waals surface area contributed by atoms with E-state index in [0.717, 1.165) is 11.5 Å². The highest BCUT2D eigenvalue weighted by molar-refractivity contribution is 5.31. The number of hydrogen-bond donors (Lipinski definition) is 2. The fourth-order valence-electron chi connectivity index (χ4n) is 3.23. The summed E-state index contributed by atoms with van der Waals surface area (Å²) >= 11 is 0. The Morgan fingerprint density at radius 2 is 1.85 bits per heavy atom. The quantitative estimate of drug-likeness (QED) is 0.873. The first-order valence-corrected chi connectivity index (χ1v) is 8.00. The van der Waals surface area contributed by atoms with Gasteiger partial charge in [-0.2, -0.15) is 0 Å². The Bertz CT molecular complexity index is 443. The molecular weight excluding hydrogens is 246 g/mol. The van der Waals surface area contributed by atoms with E-state index in [-0.39, 0.29) is 6.04 Å². The van der Waals surface area contributed by atoms with Crippen LogP contribution in [0.4, 0.5) is 0 Å². The maximum Gasteiger partial charge on any atom is 0.0940 e. The number of rotatable bonds is 4. The molecule has 1 saturated carbocycles. The minimum absolute atomic E-state index is 0.0997. The first-order valence-electron chi connectivity index (χ1n) is 8.00. The van der Waals surface area contributed by atoms with E-state index in [1.807, 2.05) is 0 Å². The number of aliphatic hydroxyl groups is 1. The van der Waals surface area contributed by atoms with E-state index in [1.165, 1.54) is 36.8 Å². The molecule has 0 saturated heterocycles. The minimum atomic E-state index is -0.427. The molecule has 2 rings (SSSR count). The molecule has 1 aromatic rings. The molecule has 4 unspecified atom stereocenters. The van der Waals surface area contributed by atoms with Crippen LogP contribution in [0.1, 0.15) is 62.3 Å². The summed E-state index contributed by atoms with van der Waals surface area (Å²) < 4.78 is 0. The smallest absolute Gasteiger partial charge is 0.0940 e. The monoisotopic (exact) mass is 275 g/mol. The van der Waals surface area contributed by atoms with Gasteiger partial charge in [0.05, 0.1) is 6.10 Å². The maximum atomic E-state index is 10.6. The van der Waals surface area contributed by atoms with Crippen LogP contribution < -0.4 is 5.32 Å². The highest BCUT2D eigenvalue weighted by Crippen LogP contribution is 2.26. The van der Waals surface area contributed by atoms with Crippen LogP contribution in [0.15, 0.2) is 18.2 Å². The molecule has 2 N–H and O–H groups in total. The second kappa shape index (κ2) is 6.73. The number of hydrogen-bond acceptors (Lipinski definition) is 2. The highest BCUT2D eigenvalue weighted by atomic mass is 16.3. The van der Waals surface area contributed by atoms with E-state index in [1.54, 1.807) is 0 Å². The van der Waals surface area contributed by atoms with Crippen molar-refractivity contribution in [3.63, 3.8) is 0 Å². The Morgan fingerprint density at radius 3 is 2.50 bits per heavy atom. The summed E-state index contributed by atoms with van der Waals surface area (Å²) in [6.45, 7) is 8.64. The lowest BCUT2D eigenvalue weighted by atomic mass is 9.85. The number of aryl methyl sites for hydroxylation is 2. The second-order valence-electron chi connectivity index (χ2n) is 6.61. The number of aliphatic hydroxyl groups excluding tert-OH is 1. The van der Waals surface area contributed by atoms with Crippen LogP contribution in [0, 0.1) is 19.8 Å². The van der Waals surface area contributed by atoms with E-state index < -0.39 is 6.10 Å². The number of nitrogens with one attached hydrogen (secondary N) is 1. The molecule has 0 spiro atoms. The van der Waals surface area contributed by atoms with Crippen LogP contribution in [-0.4, -0.2) is 17.2 Å². The molecule has 0 radical (unpaired) electrons. The predicted octanol–water partition coefficient (Wildman–Crippen LogP) is 3.89. The molecule has 112 valence electrons. The van der Waals surface area contributed by atoms with Crippen molar-refractivity contribution in [1.82, 2.24) is 5.32 Å². The molecule has 0 aliphatic heterocycles. The molecule has 2 heteroatoms. The van der Waals surface area contributed by atoms with Gasteiger partial charge in [-0.05, 0) is 56.2 Å². The lowest BCUT2D eigenvalue weighted by molar-refractivity contribution is 0.117. The zero-order chi connectivity index (χ0) is 14.7. The summed E-state index contributed by atoms with van der Waals surface area (Å²) in [6.07, 6.45) is 4.79. The van der Waals surface area contributed by atoms with Gasteiger partial charge in [0.1, 0.15) is 0 Å². The summed E-state index contributed by atoms with van der Waals surface area (Å²) in [6, 6.07) is 6.92. The van der Waals surface area contributed by atoms with E-state index in [2.05, 4.69) is 51.2 Å². The van der Waals surface area contributed by atoms with Gasteiger partial charge in [-0.1, -0.05) is 38.0 Å². The van der Waals surface area contributed by atoms with Crippen LogP contribution in [-0.2, 0) is 0 Å². The molecule has 4 atom stereocenters. The summed E-state index contributed by atoms with van der Waals surface area (Å²) in [5, 5.41) is 14.2. The lowest BCUT2D eigenvalue weighted by Crippen LogP contribution is -2.44. The molecule has 1 aliphatic rings. The SMILES string of the molecule is Cc1ccc(C(O)C(C)NC2CCCCC2C)cc1C. The van der Waals surface area contributed by atoms with Crippen molar-refractivity contribution >= 4 is 0 Å². The van der Waals surface area contributed by atoms with Gasteiger partial charge in [-0.25, -0.2) is 0 Å². The van der Waals surface area contributed by atoms with Crippen LogP contribution in [0.2, 0.25) is 0 Å². The fourth-order valence-corrected chi connectivity index (χ4v) is 3.23. The Kier molecular flexibility index (Phi) is 5.22. The average Bonchev–Trinajstić information content (AvgIpc) is 2.43. The normalized spacial score (nSPS) is 26.2. The summed E-state index contributed by atoms with van der Waals surface area (Å²) in [7, 11) is 0. The maximum absolute atomic E-state index is 10.6. The Labute approximate surface area is 123 Å². The van der Waals surface area contributed by atoms with E-state index in [0.29, 0.717) is 6.04 Å². The third kappa shape index (κ3) is 3.62. The second-order valence-corrected chi connectivity index (χ2v) is 6.61. The van der Waals surface area contributed by atoms with Gasteiger partial charge in [0.2, 0.25) is 0 Å². The molecular formula is C18H29NO. The first kappa shape index (κ1) is 15.5. The van der Waals surface area contributed by atoms with Gasteiger partial charge < -0.3 is 10.4 Å². The predicted molar refractivity (Wildman–Crippen MR) is 84.9 cm³/mol. The van der Waals surface area contributed by atoms with Crippen LogP contribution in [0.25, 0.3) is 0 Å². The van der Waals surface area contributed by atoms with Crippen molar-refractivity contribution in [3.05, 3.63) is 34.9 Å². The van der Waals surface area contributed by atoms with Crippen molar-refractivity contribution in [1.29, 1.82) is 0 Å². The Morgan fingerprint density at radius 1 is 1.15 bits per heavy atom. The molecule has 1 aromatic carbocycles. The van der Waals surface area contributed by atoms with Gasteiger partial charge in [0.15, 0.2) is 0 Å². The van der Waals surface area contributed by atoms with E-state index in [4.69, 9.17) is 0 Å². The van der Waals surface area contributed by atoms with E-state index >= 15 is 0 Å². The molecule has 0 bridgehead atoms. The summed E-state index contributed by atoms with van der Waals surface area (Å²) in [4.78, 5) is 0. The molecule has 20 heavy (non-hydrogen) atoms. The third-order valence-corrected chi connectivity index (χ3v) is 4.93. The van der Waals surface area contributed by atoms with E-state index in [9.17, 15) is 5.11 Å². The Hall–Kier alpha value is -0.860. The van der Waals surface area contributed by atoms with Crippen molar-refractivity contribution in [2.45, 2.75) is 71.6 Å². The van der Waals surface area contributed by atoms with Gasteiger partial charge in [0.25, 0.3) is 0 Å². The fraction of sp³-hybridized carbons (Fsp3) is 0.667. The summed E-state index contributed by atoms with van der Waals surface area (Å²) in [5.74, 6) is 0.721. The van der Waals surface area contributed by atoms with Crippen LogP contribution in [0.5, 0.6) is 0 Å². The zero-order valence-electron chi connectivity index (χ0n) is 13.3. The van der Waals surface area contributed by atoms with Crippen molar-refractivity contribution < 1.29 is 5.11 Å². The molecule has 1 aliphatic carbocycles. The average molecular weight is 275 g/mol. The molecule has 1 fully saturated rings. The number of benzene rings is 1. The van der Waals surface area contributed by atoms with Gasteiger partial charge >= 0.3 is 0 Å². The standard InChI is InChI=1S/C18H29NO/c1-12-9-10-16(11-14(12)3)18(20)15(4)19-17-8-6-5-7-13(17)2/h9-11,13,15,17-20H,5-8H2,1-4H3. The van der Waals surface area contributed by atoms with Gasteiger partial charge in [0, 0.05) is 12.1 Å². The minimum Gasteiger partial charge on any atom is -0.387 e. The molecule has 2 nitrogen and oxygen atoms in total. The van der Waals surface area contributed by atoms with Crippen LogP contribution >= 0.6 is 0 Å². The molecule has 0 aromatic heterocycles. The summed E-state index contributed by atoms with van der Waals surface area (Å²) in [5.41, 5.74) is 3.55. The zero-order valence-corrected chi connectivity index (χ0v) is 13.3. The first-order chi connectivity index (χ1) is 9.49. The van der Waals surface area contributed by atoms with Crippen molar-refractivity contribution in [2.24, 2.45) is 5.92 Å². The van der Waals surface area contributed by atoms with Gasteiger partial charge in [-0.3, -0.25) is 0 Å². The van der Waals surface area contributed by atoms with Gasteiger partial charge in [-0.15, -0.1) is 0 Å². The third-order valence-electron chi connectivity index (χ3n) is 4.93. The molecule has 0 heterocycles. The Balaban J connectivity index is 2.00. The highest BCUT2D eigenvalue weighted by Gasteiger charge is 2.25.